The van der Waals surface area contributed by atoms with E-state index in [-0.39, 0.29) is 0 Å². The normalized spacial score (nSPS) is 20.8. The van der Waals surface area contributed by atoms with Gasteiger partial charge >= 0.3 is 0 Å². The SMILES string of the molecule is CCCCC(N)CN(C)C1CCOCC1. The summed E-state index contributed by atoms with van der Waals surface area (Å²) in [6.07, 6.45) is 5.98. The Morgan fingerprint density at radius 3 is 2.67 bits per heavy atom. The first-order chi connectivity index (χ1) is 7.24. The van der Waals surface area contributed by atoms with Gasteiger partial charge in [-0.25, -0.2) is 0 Å². The standard InChI is InChI=1S/C12H26N2O/c1-3-4-5-11(13)10-14(2)12-6-8-15-9-7-12/h11-12H,3-10,13H2,1-2H3. The van der Waals surface area contributed by atoms with Crippen LogP contribution in [0.1, 0.15) is 39.0 Å². The van der Waals surface area contributed by atoms with Crippen molar-refractivity contribution in [2.24, 2.45) is 5.73 Å². The summed E-state index contributed by atoms with van der Waals surface area (Å²) in [4.78, 5) is 2.42. The molecule has 1 atom stereocenters. The highest BCUT2D eigenvalue weighted by Gasteiger charge is 2.19. The largest absolute Gasteiger partial charge is 0.381 e. The molecule has 0 aromatic rings. The minimum Gasteiger partial charge on any atom is -0.381 e. The number of nitrogens with two attached hydrogens (primary N) is 1. The molecule has 1 aliphatic rings. The molecule has 0 amide bonds. The third-order valence-corrected chi connectivity index (χ3v) is 3.27. The van der Waals surface area contributed by atoms with Crippen molar-refractivity contribution in [2.45, 2.75) is 51.1 Å². The highest BCUT2D eigenvalue weighted by atomic mass is 16.5. The molecule has 0 radical (unpaired) electrons. The molecule has 3 heteroatoms. The first-order valence-electron chi connectivity index (χ1n) is 6.27. The predicted octanol–water partition coefficient (Wildman–Crippen LogP) is 1.61. The van der Waals surface area contributed by atoms with Gasteiger partial charge in [0.2, 0.25) is 0 Å². The lowest BCUT2D eigenvalue weighted by atomic mass is 10.1. The molecule has 1 heterocycles. The van der Waals surface area contributed by atoms with E-state index in [1.165, 1.54) is 12.8 Å². The summed E-state index contributed by atoms with van der Waals surface area (Å²) in [6, 6.07) is 1.03. The van der Waals surface area contributed by atoms with E-state index < -0.39 is 0 Å². The van der Waals surface area contributed by atoms with Crippen molar-refractivity contribution < 1.29 is 4.74 Å². The number of ether oxygens (including phenoxy) is 1. The molecular weight excluding hydrogens is 188 g/mol. The molecular formula is C12H26N2O. The Morgan fingerprint density at radius 2 is 2.07 bits per heavy atom. The molecule has 1 rings (SSSR count). The molecule has 1 fully saturated rings. The zero-order valence-electron chi connectivity index (χ0n) is 10.2. The summed E-state index contributed by atoms with van der Waals surface area (Å²) in [5.74, 6) is 0. The molecule has 90 valence electrons. The summed E-state index contributed by atoms with van der Waals surface area (Å²) >= 11 is 0. The van der Waals surface area contributed by atoms with E-state index in [0.29, 0.717) is 12.1 Å². The highest BCUT2D eigenvalue weighted by Crippen LogP contribution is 2.13. The molecule has 15 heavy (non-hydrogen) atoms. The quantitative estimate of drug-likeness (QED) is 0.730. The molecule has 3 nitrogen and oxygen atoms in total. The van der Waals surface area contributed by atoms with Gasteiger partial charge in [0.05, 0.1) is 0 Å². The van der Waals surface area contributed by atoms with Gasteiger partial charge in [0.25, 0.3) is 0 Å². The van der Waals surface area contributed by atoms with Gasteiger partial charge in [-0.2, -0.15) is 0 Å². The first-order valence-corrected chi connectivity index (χ1v) is 6.27. The third-order valence-electron chi connectivity index (χ3n) is 3.27. The van der Waals surface area contributed by atoms with Crippen molar-refractivity contribution in [3.05, 3.63) is 0 Å². The average Bonchev–Trinajstić information content (AvgIpc) is 2.27. The Labute approximate surface area is 94.0 Å². The van der Waals surface area contributed by atoms with Crippen LogP contribution >= 0.6 is 0 Å². The van der Waals surface area contributed by atoms with Crippen LogP contribution in [0.2, 0.25) is 0 Å². The molecule has 0 bridgehead atoms. The van der Waals surface area contributed by atoms with Crippen LogP contribution in [0.25, 0.3) is 0 Å². The molecule has 0 spiro atoms. The Balaban J connectivity index is 2.17. The lowest BCUT2D eigenvalue weighted by Gasteiger charge is -2.32. The second-order valence-electron chi connectivity index (χ2n) is 4.69. The van der Waals surface area contributed by atoms with Crippen LogP contribution in [0.3, 0.4) is 0 Å². The zero-order valence-corrected chi connectivity index (χ0v) is 10.2. The Morgan fingerprint density at radius 1 is 1.40 bits per heavy atom. The van der Waals surface area contributed by atoms with E-state index in [2.05, 4.69) is 18.9 Å². The van der Waals surface area contributed by atoms with Crippen LogP contribution in [0, 0.1) is 0 Å². The molecule has 0 aromatic heterocycles. The molecule has 2 N–H and O–H groups in total. The van der Waals surface area contributed by atoms with Crippen LogP contribution < -0.4 is 5.73 Å². The van der Waals surface area contributed by atoms with Crippen LogP contribution in [0.4, 0.5) is 0 Å². The van der Waals surface area contributed by atoms with Crippen molar-refractivity contribution in [1.29, 1.82) is 0 Å². The smallest absolute Gasteiger partial charge is 0.0480 e. The van der Waals surface area contributed by atoms with Gasteiger partial charge in [-0.3, -0.25) is 0 Å². The van der Waals surface area contributed by atoms with E-state index in [1.54, 1.807) is 0 Å². The first kappa shape index (κ1) is 12.9. The molecule has 1 saturated heterocycles. The monoisotopic (exact) mass is 214 g/mol. The Hall–Kier alpha value is -0.120. The summed E-state index contributed by atoms with van der Waals surface area (Å²) in [7, 11) is 2.20. The number of nitrogens with zero attached hydrogens (tertiary/aromatic N) is 1. The van der Waals surface area contributed by atoms with Gasteiger partial charge in [-0.1, -0.05) is 19.8 Å². The van der Waals surface area contributed by atoms with E-state index in [0.717, 1.165) is 39.0 Å². The second kappa shape index (κ2) is 7.20. The Bertz CT molecular complexity index is 158. The maximum atomic E-state index is 6.09. The number of rotatable bonds is 6. The minimum absolute atomic E-state index is 0.345. The fourth-order valence-electron chi connectivity index (χ4n) is 2.20. The lowest BCUT2D eigenvalue weighted by molar-refractivity contribution is 0.0411. The van der Waals surface area contributed by atoms with Gasteiger partial charge in [0.1, 0.15) is 0 Å². The van der Waals surface area contributed by atoms with Crippen LogP contribution in [-0.2, 0) is 4.74 Å². The summed E-state index contributed by atoms with van der Waals surface area (Å²) in [5.41, 5.74) is 6.09. The van der Waals surface area contributed by atoms with Crippen LogP contribution in [-0.4, -0.2) is 43.8 Å². The van der Waals surface area contributed by atoms with Gasteiger partial charge in [0, 0.05) is 31.8 Å². The number of hydrogen-bond donors (Lipinski definition) is 1. The fourth-order valence-corrected chi connectivity index (χ4v) is 2.20. The van der Waals surface area contributed by atoms with E-state index in [9.17, 15) is 0 Å². The summed E-state index contributed by atoms with van der Waals surface area (Å²) in [6.45, 7) is 5.08. The summed E-state index contributed by atoms with van der Waals surface area (Å²) in [5, 5.41) is 0. The second-order valence-corrected chi connectivity index (χ2v) is 4.69. The number of likely N-dealkylation sites (N-methyl/N-ethyl adjacent to an activating group) is 1. The molecule has 1 unspecified atom stereocenters. The van der Waals surface area contributed by atoms with Gasteiger partial charge in [-0.15, -0.1) is 0 Å². The topological polar surface area (TPSA) is 38.5 Å². The van der Waals surface area contributed by atoms with Gasteiger partial charge in [0.15, 0.2) is 0 Å². The maximum Gasteiger partial charge on any atom is 0.0480 e. The fraction of sp³-hybridized carbons (Fsp3) is 1.00. The lowest BCUT2D eigenvalue weighted by Crippen LogP contribution is -2.43. The van der Waals surface area contributed by atoms with Crippen LogP contribution in [0.15, 0.2) is 0 Å². The van der Waals surface area contributed by atoms with Crippen molar-refractivity contribution in [1.82, 2.24) is 4.90 Å². The van der Waals surface area contributed by atoms with Gasteiger partial charge < -0.3 is 15.4 Å². The third kappa shape index (κ3) is 4.96. The van der Waals surface area contributed by atoms with Crippen molar-refractivity contribution in [2.75, 3.05) is 26.8 Å². The zero-order chi connectivity index (χ0) is 11.1. The number of unbranched alkanes of at least 4 members (excludes halogenated alkanes) is 1. The molecule has 0 aromatic carbocycles. The highest BCUT2D eigenvalue weighted by molar-refractivity contribution is 4.75. The molecule has 1 aliphatic heterocycles. The predicted molar refractivity (Wildman–Crippen MR) is 64.0 cm³/mol. The molecule has 0 saturated carbocycles. The van der Waals surface area contributed by atoms with Crippen molar-refractivity contribution in [3.63, 3.8) is 0 Å². The number of hydrogen-bond acceptors (Lipinski definition) is 3. The summed E-state index contributed by atoms with van der Waals surface area (Å²) < 4.78 is 5.36. The van der Waals surface area contributed by atoms with Crippen molar-refractivity contribution in [3.8, 4) is 0 Å². The Kier molecular flexibility index (Phi) is 6.22. The van der Waals surface area contributed by atoms with Gasteiger partial charge in [-0.05, 0) is 26.3 Å². The van der Waals surface area contributed by atoms with E-state index >= 15 is 0 Å². The van der Waals surface area contributed by atoms with Crippen LogP contribution in [0.5, 0.6) is 0 Å². The minimum atomic E-state index is 0.345. The average molecular weight is 214 g/mol. The van der Waals surface area contributed by atoms with Crippen molar-refractivity contribution >= 4 is 0 Å². The van der Waals surface area contributed by atoms with E-state index in [4.69, 9.17) is 10.5 Å². The van der Waals surface area contributed by atoms with E-state index in [1.807, 2.05) is 0 Å². The maximum absolute atomic E-state index is 6.09. The molecule has 0 aliphatic carbocycles.